The van der Waals surface area contributed by atoms with Crippen LogP contribution in [0.5, 0.6) is 5.75 Å². The molecule has 2 rings (SSSR count). The second-order valence-electron chi connectivity index (χ2n) is 5.10. The second kappa shape index (κ2) is 5.60. The Morgan fingerprint density at radius 2 is 1.96 bits per heavy atom. The fourth-order valence-electron chi connectivity index (χ4n) is 2.91. The summed E-state index contributed by atoms with van der Waals surface area (Å²) in [6.45, 7) is 3.42. The van der Waals surface area contributed by atoms with Gasteiger partial charge in [-0.15, -0.1) is 6.58 Å². The third-order valence-corrected chi connectivity index (χ3v) is 3.97. The van der Waals surface area contributed by atoms with E-state index < -0.39 is 35.3 Å². The Hall–Kier alpha value is -2.51. The number of benzene rings is 1. The minimum absolute atomic E-state index is 0.107. The van der Waals surface area contributed by atoms with E-state index in [9.17, 15) is 23.7 Å². The Balaban J connectivity index is 2.88. The average Bonchev–Trinajstić information content (AvgIpc) is 2.90. The van der Waals surface area contributed by atoms with Crippen molar-refractivity contribution in [3.05, 3.63) is 42.5 Å². The van der Waals surface area contributed by atoms with Gasteiger partial charge in [0.25, 0.3) is 0 Å². The van der Waals surface area contributed by atoms with Gasteiger partial charge in [-0.3, -0.25) is 0 Å². The molecule has 0 spiro atoms. The van der Waals surface area contributed by atoms with Crippen LogP contribution in [-0.2, 0) is 10.3 Å². The molecule has 0 saturated carbocycles. The smallest absolute Gasteiger partial charge is 0.424 e. The van der Waals surface area contributed by atoms with Gasteiger partial charge in [0.1, 0.15) is 5.75 Å². The predicted octanol–water partition coefficient (Wildman–Crippen LogP) is 3.46. The van der Waals surface area contributed by atoms with Crippen molar-refractivity contribution in [1.82, 2.24) is 0 Å². The molecule has 1 fully saturated rings. The number of para-hydroxylation sites is 1. The van der Waals surface area contributed by atoms with Crippen LogP contribution < -0.4 is 4.74 Å². The third kappa shape index (κ3) is 2.16. The number of nitriles is 2. The van der Waals surface area contributed by atoms with E-state index in [1.165, 1.54) is 37.4 Å². The maximum atomic E-state index is 14.1. The maximum Gasteiger partial charge on any atom is 0.424 e. The highest BCUT2D eigenvalue weighted by Crippen LogP contribution is 2.62. The summed E-state index contributed by atoms with van der Waals surface area (Å²) >= 11 is 0. The molecular weight excluding hydrogens is 309 g/mol. The van der Waals surface area contributed by atoms with E-state index in [0.29, 0.717) is 0 Å². The fraction of sp³-hybridized carbons (Fsp3) is 0.375. The van der Waals surface area contributed by atoms with Crippen molar-refractivity contribution < 1.29 is 22.6 Å². The summed E-state index contributed by atoms with van der Waals surface area (Å²) in [4.78, 5) is 0. The van der Waals surface area contributed by atoms with E-state index in [0.717, 1.165) is 12.1 Å². The Kier molecular flexibility index (Phi) is 4.10. The first-order valence-corrected chi connectivity index (χ1v) is 6.65. The van der Waals surface area contributed by atoms with E-state index in [-0.39, 0.29) is 5.75 Å². The van der Waals surface area contributed by atoms with Gasteiger partial charge in [-0.1, -0.05) is 24.3 Å². The molecule has 0 radical (unpaired) electrons. The van der Waals surface area contributed by atoms with Gasteiger partial charge >= 0.3 is 6.18 Å². The summed E-state index contributed by atoms with van der Waals surface area (Å²) in [5.74, 6) is -0.107. The van der Waals surface area contributed by atoms with Crippen LogP contribution in [-0.4, -0.2) is 19.4 Å². The molecule has 1 aliphatic rings. The molecular formula is C16H13F3N2O2. The molecule has 7 heteroatoms. The Morgan fingerprint density at radius 1 is 1.35 bits per heavy atom. The van der Waals surface area contributed by atoms with Crippen molar-refractivity contribution >= 4 is 0 Å². The van der Waals surface area contributed by atoms with Crippen molar-refractivity contribution in [2.45, 2.75) is 24.3 Å². The standard InChI is InChI=1S/C16H13F3N2O2/c1-3-11-8-14(9-20,10-21)15(23-11,16(17,18)19)12-6-4-5-7-13(12)22-2/h3-7,11H,1,8H2,2H3. The van der Waals surface area contributed by atoms with Gasteiger partial charge in [0, 0.05) is 12.0 Å². The lowest BCUT2D eigenvalue weighted by Crippen LogP contribution is -2.52. The highest BCUT2D eigenvalue weighted by atomic mass is 19.4. The fourth-order valence-corrected chi connectivity index (χ4v) is 2.91. The van der Waals surface area contributed by atoms with Crippen LogP contribution in [0.3, 0.4) is 0 Å². The van der Waals surface area contributed by atoms with Crippen molar-refractivity contribution in [2.24, 2.45) is 5.41 Å². The minimum Gasteiger partial charge on any atom is -0.496 e. The molecule has 0 aliphatic carbocycles. The van der Waals surface area contributed by atoms with Crippen molar-refractivity contribution in [2.75, 3.05) is 7.11 Å². The van der Waals surface area contributed by atoms with Crippen molar-refractivity contribution in [3.63, 3.8) is 0 Å². The van der Waals surface area contributed by atoms with Gasteiger partial charge in [-0.2, -0.15) is 23.7 Å². The van der Waals surface area contributed by atoms with E-state index in [2.05, 4.69) is 6.58 Å². The van der Waals surface area contributed by atoms with Gasteiger partial charge in [-0.25, -0.2) is 0 Å². The lowest BCUT2D eigenvalue weighted by atomic mass is 9.68. The first-order chi connectivity index (χ1) is 10.8. The molecule has 2 atom stereocenters. The number of halogens is 3. The van der Waals surface area contributed by atoms with Crippen LogP contribution >= 0.6 is 0 Å². The summed E-state index contributed by atoms with van der Waals surface area (Å²) in [5.41, 5.74) is -5.96. The molecule has 0 N–H and O–H groups in total. The molecule has 120 valence electrons. The second-order valence-corrected chi connectivity index (χ2v) is 5.10. The maximum absolute atomic E-state index is 14.1. The van der Waals surface area contributed by atoms with Crippen molar-refractivity contribution in [1.29, 1.82) is 10.5 Å². The zero-order chi connectivity index (χ0) is 17.3. The third-order valence-electron chi connectivity index (χ3n) is 3.97. The molecule has 4 nitrogen and oxygen atoms in total. The molecule has 1 saturated heterocycles. The van der Waals surface area contributed by atoms with E-state index in [4.69, 9.17) is 9.47 Å². The lowest BCUT2D eigenvalue weighted by molar-refractivity contribution is -0.291. The molecule has 23 heavy (non-hydrogen) atoms. The number of hydrogen-bond donors (Lipinski definition) is 0. The summed E-state index contributed by atoms with van der Waals surface area (Å²) in [5, 5.41) is 18.9. The first kappa shape index (κ1) is 16.9. The van der Waals surface area contributed by atoms with Crippen LogP contribution in [0.4, 0.5) is 13.2 Å². The molecule has 1 aromatic rings. The van der Waals surface area contributed by atoms with E-state index in [1.807, 2.05) is 0 Å². The highest BCUT2D eigenvalue weighted by molar-refractivity contribution is 5.46. The number of nitrogens with zero attached hydrogens (tertiary/aromatic N) is 2. The van der Waals surface area contributed by atoms with Gasteiger partial charge in [0.15, 0.2) is 5.41 Å². The zero-order valence-electron chi connectivity index (χ0n) is 12.2. The molecule has 2 unspecified atom stereocenters. The average molecular weight is 322 g/mol. The molecule has 0 aromatic heterocycles. The number of rotatable bonds is 3. The number of methoxy groups -OCH3 is 1. The van der Waals surface area contributed by atoms with Gasteiger partial charge < -0.3 is 9.47 Å². The Bertz CT molecular complexity index is 689. The monoisotopic (exact) mass is 322 g/mol. The van der Waals surface area contributed by atoms with Gasteiger partial charge in [0.05, 0.1) is 25.4 Å². The summed E-state index contributed by atoms with van der Waals surface area (Å²) in [7, 11) is 1.21. The van der Waals surface area contributed by atoms with Crippen LogP contribution in [0.2, 0.25) is 0 Å². The Labute approximate surface area is 131 Å². The minimum atomic E-state index is -5.01. The molecule has 0 amide bonds. The quantitative estimate of drug-likeness (QED) is 0.799. The summed E-state index contributed by atoms with van der Waals surface area (Å²) in [6.07, 6.45) is -5.36. The summed E-state index contributed by atoms with van der Waals surface area (Å²) in [6, 6.07) is 8.40. The lowest BCUT2D eigenvalue weighted by Gasteiger charge is -2.38. The SMILES string of the molecule is C=CC1CC(C#N)(C#N)C(c2ccccc2OC)(C(F)(F)F)O1. The number of hydrogen-bond acceptors (Lipinski definition) is 4. The number of alkyl halides is 3. The zero-order valence-corrected chi connectivity index (χ0v) is 12.2. The molecule has 0 bridgehead atoms. The highest BCUT2D eigenvalue weighted by Gasteiger charge is 2.75. The van der Waals surface area contributed by atoms with Gasteiger partial charge in [0.2, 0.25) is 5.60 Å². The van der Waals surface area contributed by atoms with E-state index >= 15 is 0 Å². The van der Waals surface area contributed by atoms with Crippen LogP contribution in [0.25, 0.3) is 0 Å². The first-order valence-electron chi connectivity index (χ1n) is 6.65. The Morgan fingerprint density at radius 3 is 2.43 bits per heavy atom. The summed E-state index contributed by atoms with van der Waals surface area (Å²) < 4.78 is 52.5. The predicted molar refractivity (Wildman–Crippen MR) is 74.1 cm³/mol. The normalized spacial score (nSPS) is 26.1. The topological polar surface area (TPSA) is 66.0 Å². The van der Waals surface area contributed by atoms with Crippen LogP contribution in [0, 0.1) is 28.1 Å². The molecule has 1 aromatic carbocycles. The van der Waals surface area contributed by atoms with Gasteiger partial charge in [-0.05, 0) is 6.07 Å². The molecule has 1 heterocycles. The number of ether oxygens (including phenoxy) is 2. The van der Waals surface area contributed by atoms with E-state index in [1.54, 1.807) is 0 Å². The molecule has 1 aliphatic heterocycles. The van der Waals surface area contributed by atoms with Crippen LogP contribution in [0.15, 0.2) is 36.9 Å². The van der Waals surface area contributed by atoms with Crippen LogP contribution in [0.1, 0.15) is 12.0 Å². The van der Waals surface area contributed by atoms with Crippen molar-refractivity contribution in [3.8, 4) is 17.9 Å². The largest absolute Gasteiger partial charge is 0.496 e.